The van der Waals surface area contributed by atoms with Gasteiger partial charge >= 0.3 is 0 Å². The first kappa shape index (κ1) is 13.6. The van der Waals surface area contributed by atoms with Gasteiger partial charge < -0.3 is 4.74 Å². The number of pyridine rings is 1. The van der Waals surface area contributed by atoms with Crippen molar-refractivity contribution in [2.75, 3.05) is 7.11 Å². The number of ether oxygens (including phenoxy) is 1. The number of fused-ring (bicyclic) bond motifs is 2. The number of Topliss-reactive ketones (excluding diaryl/α,β-unsaturated/α-hetero) is 2. The molecule has 0 unspecified atom stereocenters. The van der Waals surface area contributed by atoms with Crippen LogP contribution in [0.5, 0.6) is 5.75 Å². The van der Waals surface area contributed by atoms with Gasteiger partial charge in [-0.15, -0.1) is 0 Å². The minimum Gasteiger partial charge on any atom is -0.497 e. The summed E-state index contributed by atoms with van der Waals surface area (Å²) in [5.74, 6) is -0.441. The third-order valence-electron chi connectivity index (χ3n) is 4.20. The average molecular weight is 303 g/mol. The minimum absolute atomic E-state index is 0.175. The van der Waals surface area contributed by atoms with Gasteiger partial charge in [0.15, 0.2) is 11.6 Å². The van der Waals surface area contributed by atoms with Crippen LogP contribution in [-0.4, -0.2) is 23.7 Å². The number of carbonyl (C=O) groups is 2. The van der Waals surface area contributed by atoms with Gasteiger partial charge in [0.2, 0.25) is 0 Å². The van der Waals surface area contributed by atoms with Crippen molar-refractivity contribution in [3.05, 3.63) is 71.4 Å². The second kappa shape index (κ2) is 5.02. The molecule has 1 aromatic heterocycles. The first-order valence-corrected chi connectivity index (χ1v) is 7.31. The fourth-order valence-electron chi connectivity index (χ4n) is 3.02. The quantitative estimate of drug-likeness (QED) is 0.681. The molecule has 2 aromatic carbocycles. The molecule has 1 heterocycles. The first-order valence-electron chi connectivity index (χ1n) is 7.31. The van der Waals surface area contributed by atoms with Crippen molar-refractivity contribution in [2.45, 2.75) is 5.92 Å². The van der Waals surface area contributed by atoms with Gasteiger partial charge in [0.05, 0.1) is 18.3 Å². The maximum Gasteiger partial charge on any atom is 0.180 e. The van der Waals surface area contributed by atoms with Gasteiger partial charge in [-0.1, -0.05) is 30.3 Å². The summed E-state index contributed by atoms with van der Waals surface area (Å²) in [5, 5.41) is 0.906. The fourth-order valence-corrected chi connectivity index (χ4v) is 3.02. The number of carbonyl (C=O) groups excluding carboxylic acids is 2. The number of benzene rings is 2. The largest absolute Gasteiger partial charge is 0.497 e. The van der Waals surface area contributed by atoms with Crippen LogP contribution in [0.4, 0.5) is 0 Å². The zero-order valence-corrected chi connectivity index (χ0v) is 12.4. The summed E-state index contributed by atoms with van der Waals surface area (Å²) in [4.78, 5) is 29.6. The molecule has 0 amide bonds. The zero-order valence-electron chi connectivity index (χ0n) is 12.4. The molecular formula is C19H13NO3. The minimum atomic E-state index is -0.834. The smallest absolute Gasteiger partial charge is 0.180 e. The Bertz CT molecular complexity index is 927. The van der Waals surface area contributed by atoms with Crippen molar-refractivity contribution in [2.24, 2.45) is 0 Å². The van der Waals surface area contributed by atoms with Gasteiger partial charge in [0, 0.05) is 16.5 Å². The first-order chi connectivity index (χ1) is 11.2. The lowest BCUT2D eigenvalue weighted by Gasteiger charge is -2.08. The van der Waals surface area contributed by atoms with Crippen molar-refractivity contribution in [3.8, 4) is 5.75 Å². The highest BCUT2D eigenvalue weighted by atomic mass is 16.5. The molecule has 3 aromatic rings. The average Bonchev–Trinajstić information content (AvgIpc) is 2.85. The molecule has 23 heavy (non-hydrogen) atoms. The van der Waals surface area contributed by atoms with Crippen LogP contribution in [0.3, 0.4) is 0 Å². The van der Waals surface area contributed by atoms with Crippen molar-refractivity contribution < 1.29 is 14.3 Å². The lowest BCUT2D eigenvalue weighted by atomic mass is 9.98. The van der Waals surface area contributed by atoms with E-state index in [9.17, 15) is 9.59 Å². The van der Waals surface area contributed by atoms with E-state index < -0.39 is 5.92 Å². The van der Waals surface area contributed by atoms with E-state index in [2.05, 4.69) is 4.98 Å². The van der Waals surface area contributed by atoms with Crippen LogP contribution in [0.1, 0.15) is 32.3 Å². The highest BCUT2D eigenvalue weighted by Gasteiger charge is 2.40. The Morgan fingerprint density at radius 2 is 1.61 bits per heavy atom. The van der Waals surface area contributed by atoms with Crippen molar-refractivity contribution in [3.63, 3.8) is 0 Å². The van der Waals surface area contributed by atoms with Crippen LogP contribution < -0.4 is 4.74 Å². The molecule has 4 rings (SSSR count). The normalized spacial score (nSPS) is 14.3. The highest BCUT2D eigenvalue weighted by Crippen LogP contribution is 2.33. The molecule has 0 atom stereocenters. The Morgan fingerprint density at radius 1 is 0.913 bits per heavy atom. The highest BCUT2D eigenvalue weighted by molar-refractivity contribution is 6.29. The maximum absolute atomic E-state index is 12.6. The van der Waals surface area contributed by atoms with E-state index in [0.29, 0.717) is 16.8 Å². The van der Waals surface area contributed by atoms with E-state index in [1.165, 1.54) is 0 Å². The van der Waals surface area contributed by atoms with Gasteiger partial charge in [-0.05, 0) is 24.3 Å². The topological polar surface area (TPSA) is 56.3 Å². The lowest BCUT2D eigenvalue weighted by molar-refractivity contribution is 0.0888. The summed E-state index contributed by atoms with van der Waals surface area (Å²) in [5.41, 5.74) is 2.20. The Labute approximate surface area is 132 Å². The van der Waals surface area contributed by atoms with Gasteiger partial charge in [0.25, 0.3) is 0 Å². The molecular weight excluding hydrogens is 290 g/mol. The molecule has 0 radical (unpaired) electrons. The maximum atomic E-state index is 12.6. The van der Waals surface area contributed by atoms with Crippen molar-refractivity contribution in [1.82, 2.24) is 4.98 Å². The summed E-state index contributed by atoms with van der Waals surface area (Å²) in [7, 11) is 1.61. The molecule has 1 aliphatic rings. The molecule has 0 spiro atoms. The molecule has 4 nitrogen and oxygen atoms in total. The molecule has 0 aliphatic heterocycles. The fraction of sp³-hybridized carbons (Fsp3) is 0.105. The summed E-state index contributed by atoms with van der Waals surface area (Å²) in [6.45, 7) is 0. The van der Waals surface area contributed by atoms with Gasteiger partial charge in [-0.25, -0.2) is 0 Å². The molecule has 0 N–H and O–H groups in total. The van der Waals surface area contributed by atoms with Crippen LogP contribution in [0.25, 0.3) is 10.9 Å². The Balaban J connectivity index is 1.81. The van der Waals surface area contributed by atoms with Crippen LogP contribution in [0, 0.1) is 0 Å². The van der Waals surface area contributed by atoms with Gasteiger partial charge in [0.1, 0.15) is 11.7 Å². The zero-order chi connectivity index (χ0) is 16.0. The van der Waals surface area contributed by atoms with Crippen LogP contribution in [-0.2, 0) is 0 Å². The van der Waals surface area contributed by atoms with E-state index in [1.807, 2.05) is 24.3 Å². The van der Waals surface area contributed by atoms with E-state index in [-0.39, 0.29) is 11.6 Å². The SMILES string of the molecule is COc1ccc2nc(C3C(=O)c4ccccc4C3=O)ccc2c1. The summed E-state index contributed by atoms with van der Waals surface area (Å²) in [6, 6.07) is 16.1. The number of aromatic nitrogens is 1. The second-order valence-electron chi connectivity index (χ2n) is 5.50. The number of rotatable bonds is 2. The summed E-state index contributed by atoms with van der Waals surface area (Å²) >= 11 is 0. The Hall–Kier alpha value is -3.01. The van der Waals surface area contributed by atoms with Crippen LogP contribution in [0.2, 0.25) is 0 Å². The second-order valence-corrected chi connectivity index (χ2v) is 5.50. The van der Waals surface area contributed by atoms with Crippen LogP contribution >= 0.6 is 0 Å². The third kappa shape index (κ3) is 2.03. The van der Waals surface area contributed by atoms with E-state index in [4.69, 9.17) is 4.74 Å². The monoisotopic (exact) mass is 303 g/mol. The molecule has 0 fully saturated rings. The predicted molar refractivity (Wildman–Crippen MR) is 86.1 cm³/mol. The molecule has 4 heteroatoms. The third-order valence-corrected chi connectivity index (χ3v) is 4.20. The molecule has 112 valence electrons. The number of methoxy groups -OCH3 is 1. The van der Waals surface area contributed by atoms with Gasteiger partial charge in [-0.2, -0.15) is 0 Å². The standard InChI is InChI=1S/C19H13NO3/c1-23-12-7-9-15-11(10-12)6-8-16(20-15)17-18(21)13-4-2-3-5-14(13)19(17)22/h2-10,17H,1H3. The summed E-state index contributed by atoms with van der Waals surface area (Å²) < 4.78 is 5.19. The van der Waals surface area contributed by atoms with E-state index in [1.54, 1.807) is 37.4 Å². The number of nitrogens with zero attached hydrogens (tertiary/aromatic N) is 1. The molecule has 0 saturated carbocycles. The van der Waals surface area contributed by atoms with E-state index >= 15 is 0 Å². The Kier molecular flexibility index (Phi) is 2.98. The molecule has 0 saturated heterocycles. The number of hydrogen-bond donors (Lipinski definition) is 0. The van der Waals surface area contributed by atoms with E-state index in [0.717, 1.165) is 16.7 Å². The molecule has 0 bridgehead atoms. The lowest BCUT2D eigenvalue weighted by Crippen LogP contribution is -2.14. The van der Waals surface area contributed by atoms with Crippen molar-refractivity contribution in [1.29, 1.82) is 0 Å². The molecule has 1 aliphatic carbocycles. The number of hydrogen-bond acceptors (Lipinski definition) is 4. The number of ketones is 2. The predicted octanol–water partition coefficient (Wildman–Crippen LogP) is 3.41. The van der Waals surface area contributed by atoms with Gasteiger partial charge in [-0.3, -0.25) is 14.6 Å². The summed E-state index contributed by atoms with van der Waals surface area (Å²) in [6.07, 6.45) is 0. The van der Waals surface area contributed by atoms with Crippen molar-refractivity contribution >= 4 is 22.5 Å². The van der Waals surface area contributed by atoms with Crippen LogP contribution in [0.15, 0.2) is 54.6 Å². The Morgan fingerprint density at radius 3 is 2.26 bits per heavy atom.